The molecule has 0 aromatic heterocycles. The van der Waals surface area contributed by atoms with Crippen LogP contribution in [0.1, 0.15) is 0 Å². The van der Waals surface area contributed by atoms with E-state index in [0.717, 1.165) is 5.02 Å². The van der Waals surface area contributed by atoms with Gasteiger partial charge in [0.05, 0.1) is 0 Å². The van der Waals surface area contributed by atoms with Crippen LogP contribution in [-0.2, 0) is 0 Å². The maximum atomic E-state index is 5.91. The van der Waals surface area contributed by atoms with Gasteiger partial charge in [-0.15, -0.1) is 0 Å². The molecule has 0 nitrogen and oxygen atoms in total. The van der Waals surface area contributed by atoms with Crippen LogP contribution in [0.15, 0.2) is 88.7 Å². The summed E-state index contributed by atoms with van der Waals surface area (Å²) in [5.41, 5.74) is 2.39. The molecule has 0 bridgehead atoms. The largest absolute Gasteiger partial charge is 0.0901 e. The number of rotatable bonds is 3. The molecule has 0 saturated heterocycles. The van der Waals surface area contributed by atoms with Crippen molar-refractivity contribution in [2.24, 2.45) is 0 Å². The normalized spacial score (nSPS) is 10.4. The molecule has 0 saturated carbocycles. The summed E-state index contributed by atoms with van der Waals surface area (Å²) < 4.78 is 0. The van der Waals surface area contributed by atoms with Gasteiger partial charge < -0.3 is 0 Å². The zero-order valence-electron chi connectivity index (χ0n) is 10.8. The molecule has 3 aromatic carbocycles. The van der Waals surface area contributed by atoms with Crippen molar-refractivity contribution in [1.82, 2.24) is 0 Å². The van der Waals surface area contributed by atoms with Crippen molar-refractivity contribution in [3.8, 4) is 11.1 Å². The van der Waals surface area contributed by atoms with Crippen LogP contribution < -0.4 is 0 Å². The third-order valence-corrected chi connectivity index (χ3v) is 4.28. The Balaban J connectivity index is 1.79. The quantitative estimate of drug-likeness (QED) is 0.558. The van der Waals surface area contributed by atoms with E-state index < -0.39 is 0 Å². The highest BCUT2D eigenvalue weighted by Crippen LogP contribution is 2.29. The third kappa shape index (κ3) is 3.24. The van der Waals surface area contributed by atoms with E-state index in [9.17, 15) is 0 Å². The Bertz CT molecular complexity index is 673. The zero-order valence-corrected chi connectivity index (χ0v) is 12.4. The Morgan fingerprint density at radius 2 is 1.05 bits per heavy atom. The lowest BCUT2D eigenvalue weighted by molar-refractivity contribution is 1.41. The molecule has 0 aliphatic heterocycles. The van der Waals surface area contributed by atoms with E-state index in [1.807, 2.05) is 30.3 Å². The molecule has 0 aliphatic carbocycles. The van der Waals surface area contributed by atoms with Gasteiger partial charge in [-0.05, 0) is 47.5 Å². The lowest BCUT2D eigenvalue weighted by atomic mass is 10.1. The average Bonchev–Trinajstić information content (AvgIpc) is 2.50. The fourth-order valence-corrected chi connectivity index (χ4v) is 2.95. The molecule has 0 spiro atoms. The smallest absolute Gasteiger partial charge is 0.0406 e. The average molecular weight is 297 g/mol. The van der Waals surface area contributed by atoms with Gasteiger partial charge in [-0.25, -0.2) is 0 Å². The first kappa shape index (κ1) is 13.3. The number of halogens is 1. The molecule has 0 fully saturated rings. The topological polar surface area (TPSA) is 0 Å². The van der Waals surface area contributed by atoms with E-state index in [1.54, 1.807) is 11.8 Å². The van der Waals surface area contributed by atoms with Crippen molar-refractivity contribution < 1.29 is 0 Å². The van der Waals surface area contributed by atoms with Crippen LogP contribution in [0.5, 0.6) is 0 Å². The highest BCUT2D eigenvalue weighted by Gasteiger charge is 2.00. The standard InChI is InChI=1S/C18H13ClS/c19-16-10-6-14(7-11-16)15-8-12-18(13-9-15)20-17-4-2-1-3-5-17/h1-13H. The molecule has 0 radical (unpaired) electrons. The number of hydrogen-bond donors (Lipinski definition) is 0. The molecule has 3 aromatic rings. The van der Waals surface area contributed by atoms with E-state index in [4.69, 9.17) is 11.6 Å². The number of benzene rings is 3. The van der Waals surface area contributed by atoms with Crippen molar-refractivity contribution in [2.75, 3.05) is 0 Å². The first-order valence-electron chi connectivity index (χ1n) is 6.40. The summed E-state index contributed by atoms with van der Waals surface area (Å²) >= 11 is 7.68. The second-order valence-electron chi connectivity index (χ2n) is 4.45. The van der Waals surface area contributed by atoms with Gasteiger partial charge in [0.25, 0.3) is 0 Å². The summed E-state index contributed by atoms with van der Waals surface area (Å²) in [5, 5.41) is 0.769. The van der Waals surface area contributed by atoms with Crippen LogP contribution in [0.3, 0.4) is 0 Å². The minimum atomic E-state index is 0.769. The molecule has 98 valence electrons. The van der Waals surface area contributed by atoms with Crippen molar-refractivity contribution in [1.29, 1.82) is 0 Å². The zero-order chi connectivity index (χ0) is 13.8. The monoisotopic (exact) mass is 296 g/mol. The molecule has 0 aliphatic rings. The molecule has 0 N–H and O–H groups in total. The molecule has 20 heavy (non-hydrogen) atoms. The molecule has 2 heteroatoms. The molecule has 0 heterocycles. The molecule has 0 unspecified atom stereocenters. The van der Waals surface area contributed by atoms with Crippen molar-refractivity contribution >= 4 is 23.4 Å². The maximum absolute atomic E-state index is 5.91. The van der Waals surface area contributed by atoms with E-state index >= 15 is 0 Å². The minimum absolute atomic E-state index is 0.769. The van der Waals surface area contributed by atoms with Gasteiger partial charge in [-0.1, -0.05) is 65.8 Å². The summed E-state index contributed by atoms with van der Waals surface area (Å²) in [6.45, 7) is 0. The summed E-state index contributed by atoms with van der Waals surface area (Å²) in [6, 6.07) is 26.9. The first-order valence-corrected chi connectivity index (χ1v) is 7.60. The van der Waals surface area contributed by atoms with Gasteiger partial charge >= 0.3 is 0 Å². The summed E-state index contributed by atoms with van der Waals surface area (Å²) in [6.07, 6.45) is 0. The Hall–Kier alpha value is -1.70. The van der Waals surface area contributed by atoms with Gasteiger partial charge in [-0.2, -0.15) is 0 Å². The maximum Gasteiger partial charge on any atom is 0.0406 e. The third-order valence-electron chi connectivity index (χ3n) is 3.01. The molecule has 0 amide bonds. The van der Waals surface area contributed by atoms with E-state index in [0.29, 0.717) is 0 Å². The second kappa shape index (κ2) is 6.17. The predicted molar refractivity (Wildman–Crippen MR) is 87.5 cm³/mol. The van der Waals surface area contributed by atoms with Gasteiger partial charge in [0.1, 0.15) is 0 Å². The fraction of sp³-hybridized carbons (Fsp3) is 0. The predicted octanol–water partition coefficient (Wildman–Crippen LogP) is 6.16. The van der Waals surface area contributed by atoms with E-state index in [-0.39, 0.29) is 0 Å². The molecule has 0 atom stereocenters. The Morgan fingerprint density at radius 3 is 1.65 bits per heavy atom. The highest BCUT2D eigenvalue weighted by atomic mass is 35.5. The summed E-state index contributed by atoms with van der Waals surface area (Å²) in [5.74, 6) is 0. The van der Waals surface area contributed by atoms with E-state index in [1.165, 1.54) is 20.9 Å². The SMILES string of the molecule is Clc1ccc(-c2ccc(Sc3ccccc3)cc2)cc1. The molecule has 3 rings (SSSR count). The molecular formula is C18H13ClS. The van der Waals surface area contributed by atoms with E-state index in [2.05, 4.69) is 48.5 Å². The second-order valence-corrected chi connectivity index (χ2v) is 6.03. The van der Waals surface area contributed by atoms with Crippen LogP contribution in [0.2, 0.25) is 5.02 Å². The van der Waals surface area contributed by atoms with Gasteiger partial charge in [0.2, 0.25) is 0 Å². The Kier molecular flexibility index (Phi) is 4.10. The molecular weight excluding hydrogens is 284 g/mol. The lowest BCUT2D eigenvalue weighted by Crippen LogP contribution is -1.78. The Labute approximate surface area is 128 Å². The first-order chi connectivity index (χ1) is 9.81. The van der Waals surface area contributed by atoms with Crippen molar-refractivity contribution in [2.45, 2.75) is 9.79 Å². The van der Waals surface area contributed by atoms with Crippen LogP contribution in [-0.4, -0.2) is 0 Å². The van der Waals surface area contributed by atoms with Crippen molar-refractivity contribution in [3.05, 3.63) is 83.9 Å². The van der Waals surface area contributed by atoms with Crippen LogP contribution in [0.4, 0.5) is 0 Å². The summed E-state index contributed by atoms with van der Waals surface area (Å²) in [7, 11) is 0. The van der Waals surface area contributed by atoms with Crippen LogP contribution in [0.25, 0.3) is 11.1 Å². The minimum Gasteiger partial charge on any atom is -0.0901 e. The van der Waals surface area contributed by atoms with Crippen LogP contribution >= 0.6 is 23.4 Å². The fourth-order valence-electron chi connectivity index (χ4n) is 1.98. The summed E-state index contributed by atoms with van der Waals surface area (Å²) in [4.78, 5) is 2.50. The van der Waals surface area contributed by atoms with Gasteiger partial charge in [0, 0.05) is 14.8 Å². The number of hydrogen-bond acceptors (Lipinski definition) is 1. The lowest BCUT2D eigenvalue weighted by Gasteiger charge is -2.05. The van der Waals surface area contributed by atoms with Crippen LogP contribution in [0, 0.1) is 0 Å². The van der Waals surface area contributed by atoms with Gasteiger partial charge in [0.15, 0.2) is 0 Å². The van der Waals surface area contributed by atoms with Gasteiger partial charge in [-0.3, -0.25) is 0 Å². The van der Waals surface area contributed by atoms with Crippen molar-refractivity contribution in [3.63, 3.8) is 0 Å². The highest BCUT2D eigenvalue weighted by molar-refractivity contribution is 7.99. The Morgan fingerprint density at radius 1 is 0.550 bits per heavy atom.